The molecule has 2 aliphatic rings. The summed E-state index contributed by atoms with van der Waals surface area (Å²) < 4.78 is 12.0. The lowest BCUT2D eigenvalue weighted by molar-refractivity contribution is -0.0787. The molecular weight excluding hydrogens is 274 g/mol. The van der Waals surface area contributed by atoms with E-state index < -0.39 is 0 Å². The molecule has 3 nitrogen and oxygen atoms in total. The molecule has 1 aliphatic carbocycles. The van der Waals surface area contributed by atoms with Crippen LogP contribution in [0.25, 0.3) is 0 Å². The Morgan fingerprint density at radius 2 is 1.64 bits per heavy atom. The molecule has 1 saturated heterocycles. The maximum absolute atomic E-state index is 6.17. The minimum Gasteiger partial charge on any atom is -0.377 e. The van der Waals surface area contributed by atoms with Crippen LogP contribution in [0.15, 0.2) is 0 Å². The average Bonchev–Trinajstić information content (AvgIpc) is 2.47. The molecule has 0 aromatic heterocycles. The van der Waals surface area contributed by atoms with Gasteiger partial charge in [0, 0.05) is 19.6 Å². The van der Waals surface area contributed by atoms with Crippen molar-refractivity contribution in [3.8, 4) is 0 Å². The molecule has 1 aliphatic heterocycles. The third-order valence-electron chi connectivity index (χ3n) is 5.95. The van der Waals surface area contributed by atoms with Crippen molar-refractivity contribution in [2.24, 2.45) is 11.3 Å². The number of rotatable bonds is 6. The highest BCUT2D eigenvalue weighted by atomic mass is 16.5. The summed E-state index contributed by atoms with van der Waals surface area (Å²) in [5, 5.41) is 0. The predicted octanol–water partition coefficient (Wildman–Crippen LogP) is 4.11. The standard InChI is InChI=1S/C19H37NO2/c1-6-19(4,5)17-7-9-18(10-8-17)21-12-11-20-13-15(2)22-16(3)14-20/h15-18H,6-14H2,1-5H3. The van der Waals surface area contributed by atoms with Gasteiger partial charge in [-0.3, -0.25) is 4.90 Å². The van der Waals surface area contributed by atoms with E-state index in [-0.39, 0.29) is 0 Å². The molecule has 3 heteroatoms. The van der Waals surface area contributed by atoms with E-state index in [4.69, 9.17) is 9.47 Å². The van der Waals surface area contributed by atoms with Gasteiger partial charge in [0.25, 0.3) is 0 Å². The fraction of sp³-hybridized carbons (Fsp3) is 1.00. The van der Waals surface area contributed by atoms with Gasteiger partial charge in [0.05, 0.1) is 24.9 Å². The zero-order valence-corrected chi connectivity index (χ0v) is 15.4. The summed E-state index contributed by atoms with van der Waals surface area (Å²) in [5.41, 5.74) is 0.505. The molecule has 2 fully saturated rings. The van der Waals surface area contributed by atoms with E-state index in [1.165, 1.54) is 32.1 Å². The molecule has 2 atom stereocenters. The van der Waals surface area contributed by atoms with Crippen molar-refractivity contribution in [1.82, 2.24) is 4.90 Å². The highest BCUT2D eigenvalue weighted by Gasteiger charge is 2.32. The van der Waals surface area contributed by atoms with E-state index in [0.717, 1.165) is 32.2 Å². The summed E-state index contributed by atoms with van der Waals surface area (Å²) in [7, 11) is 0. The Balaban J connectivity index is 1.63. The van der Waals surface area contributed by atoms with Crippen LogP contribution in [0.2, 0.25) is 0 Å². The zero-order chi connectivity index (χ0) is 16.2. The Bertz CT molecular complexity index is 313. The van der Waals surface area contributed by atoms with Crippen LogP contribution in [0.4, 0.5) is 0 Å². The Kier molecular flexibility index (Phi) is 6.73. The zero-order valence-electron chi connectivity index (χ0n) is 15.4. The highest BCUT2D eigenvalue weighted by molar-refractivity contribution is 4.83. The monoisotopic (exact) mass is 311 g/mol. The minimum atomic E-state index is 0.357. The van der Waals surface area contributed by atoms with E-state index in [9.17, 15) is 0 Å². The molecule has 1 saturated carbocycles. The summed E-state index contributed by atoms with van der Waals surface area (Å²) in [6.07, 6.45) is 7.70. The SMILES string of the molecule is CCC(C)(C)C1CCC(OCCN2CC(C)OC(C)C2)CC1. The van der Waals surface area contributed by atoms with Crippen LogP contribution < -0.4 is 0 Å². The maximum Gasteiger partial charge on any atom is 0.0678 e. The van der Waals surface area contributed by atoms with Crippen LogP contribution in [0.1, 0.15) is 66.7 Å². The molecule has 2 unspecified atom stereocenters. The summed E-state index contributed by atoms with van der Waals surface area (Å²) in [4.78, 5) is 2.49. The Hall–Kier alpha value is -0.120. The minimum absolute atomic E-state index is 0.357. The lowest BCUT2D eigenvalue weighted by Crippen LogP contribution is -2.46. The first-order chi connectivity index (χ1) is 10.4. The van der Waals surface area contributed by atoms with Gasteiger partial charge in [-0.1, -0.05) is 27.2 Å². The molecule has 0 N–H and O–H groups in total. The molecule has 0 aromatic carbocycles. The van der Waals surface area contributed by atoms with Crippen molar-refractivity contribution < 1.29 is 9.47 Å². The second-order valence-corrected chi connectivity index (χ2v) is 8.20. The fourth-order valence-corrected chi connectivity index (χ4v) is 4.12. The van der Waals surface area contributed by atoms with Crippen LogP contribution in [0, 0.1) is 11.3 Å². The van der Waals surface area contributed by atoms with E-state index in [1.54, 1.807) is 0 Å². The molecule has 1 heterocycles. The first kappa shape index (κ1) is 18.2. The molecule has 2 rings (SSSR count). The van der Waals surface area contributed by atoms with Gasteiger partial charge in [0.15, 0.2) is 0 Å². The third kappa shape index (κ3) is 5.21. The summed E-state index contributed by atoms with van der Waals surface area (Å²) in [6.45, 7) is 15.5. The largest absolute Gasteiger partial charge is 0.377 e. The van der Waals surface area contributed by atoms with Crippen molar-refractivity contribution in [2.45, 2.75) is 85.0 Å². The highest BCUT2D eigenvalue weighted by Crippen LogP contribution is 2.40. The smallest absolute Gasteiger partial charge is 0.0678 e. The fourth-order valence-electron chi connectivity index (χ4n) is 4.12. The second kappa shape index (κ2) is 8.12. The van der Waals surface area contributed by atoms with Crippen LogP contribution >= 0.6 is 0 Å². The Morgan fingerprint density at radius 3 is 2.18 bits per heavy atom. The van der Waals surface area contributed by atoms with E-state index in [2.05, 4.69) is 39.5 Å². The quantitative estimate of drug-likeness (QED) is 0.737. The van der Waals surface area contributed by atoms with Gasteiger partial charge < -0.3 is 9.47 Å². The Labute approximate surface area is 137 Å². The van der Waals surface area contributed by atoms with Crippen LogP contribution in [0.3, 0.4) is 0 Å². The van der Waals surface area contributed by atoms with Gasteiger partial charge >= 0.3 is 0 Å². The molecule has 22 heavy (non-hydrogen) atoms. The molecule has 130 valence electrons. The van der Waals surface area contributed by atoms with Crippen molar-refractivity contribution in [2.75, 3.05) is 26.2 Å². The number of morpholine rings is 1. The summed E-state index contributed by atoms with van der Waals surface area (Å²) in [6, 6.07) is 0. The van der Waals surface area contributed by atoms with Crippen molar-refractivity contribution in [3.63, 3.8) is 0 Å². The first-order valence-corrected chi connectivity index (χ1v) is 9.40. The average molecular weight is 312 g/mol. The van der Waals surface area contributed by atoms with Crippen molar-refractivity contribution in [3.05, 3.63) is 0 Å². The molecule has 0 spiro atoms. The van der Waals surface area contributed by atoms with Crippen LogP contribution in [0.5, 0.6) is 0 Å². The molecule has 0 radical (unpaired) electrons. The normalized spacial score (nSPS) is 34.8. The number of nitrogens with zero attached hydrogens (tertiary/aromatic N) is 1. The van der Waals surface area contributed by atoms with Gasteiger partial charge in [-0.25, -0.2) is 0 Å². The van der Waals surface area contributed by atoms with Crippen molar-refractivity contribution in [1.29, 1.82) is 0 Å². The topological polar surface area (TPSA) is 21.7 Å². The van der Waals surface area contributed by atoms with Gasteiger partial charge in [0.2, 0.25) is 0 Å². The van der Waals surface area contributed by atoms with E-state index in [0.29, 0.717) is 23.7 Å². The van der Waals surface area contributed by atoms with Gasteiger partial charge in [-0.05, 0) is 50.9 Å². The van der Waals surface area contributed by atoms with Crippen LogP contribution in [-0.4, -0.2) is 49.5 Å². The number of hydrogen-bond acceptors (Lipinski definition) is 3. The predicted molar refractivity (Wildman–Crippen MR) is 92.2 cm³/mol. The van der Waals surface area contributed by atoms with E-state index in [1.807, 2.05) is 0 Å². The molecule has 0 aromatic rings. The summed E-state index contributed by atoms with van der Waals surface area (Å²) >= 11 is 0. The van der Waals surface area contributed by atoms with E-state index >= 15 is 0 Å². The van der Waals surface area contributed by atoms with Gasteiger partial charge in [0.1, 0.15) is 0 Å². The first-order valence-electron chi connectivity index (χ1n) is 9.40. The third-order valence-corrected chi connectivity index (χ3v) is 5.95. The second-order valence-electron chi connectivity index (χ2n) is 8.20. The lowest BCUT2D eigenvalue weighted by atomic mass is 9.69. The summed E-state index contributed by atoms with van der Waals surface area (Å²) in [5.74, 6) is 0.887. The van der Waals surface area contributed by atoms with Gasteiger partial charge in [-0.2, -0.15) is 0 Å². The molecule has 0 bridgehead atoms. The van der Waals surface area contributed by atoms with Gasteiger partial charge in [-0.15, -0.1) is 0 Å². The number of ether oxygens (including phenoxy) is 2. The van der Waals surface area contributed by atoms with Crippen molar-refractivity contribution >= 4 is 0 Å². The van der Waals surface area contributed by atoms with Crippen LogP contribution in [-0.2, 0) is 9.47 Å². The lowest BCUT2D eigenvalue weighted by Gasteiger charge is -2.39. The molecular formula is C19H37NO2. The Morgan fingerprint density at radius 1 is 1.05 bits per heavy atom. The molecule has 0 amide bonds. The number of hydrogen-bond donors (Lipinski definition) is 0. The maximum atomic E-state index is 6.17.